The Morgan fingerprint density at radius 2 is 1.62 bits per heavy atom. The minimum absolute atomic E-state index is 0.0564. The first-order valence-electron chi connectivity index (χ1n) is 9.76. The molecule has 24 heavy (non-hydrogen) atoms. The molecule has 3 nitrogen and oxygen atoms in total. The molecule has 5 aliphatic rings. The first-order chi connectivity index (χ1) is 11.7. The fourth-order valence-electron chi connectivity index (χ4n) is 6.61. The lowest BCUT2D eigenvalue weighted by Crippen LogP contribution is -2.58. The topological polar surface area (TPSA) is 41.1 Å². The molecular weight excluding hydrogens is 296 g/mol. The van der Waals surface area contributed by atoms with Gasteiger partial charge in [-0.15, -0.1) is 0 Å². The minimum Gasteiger partial charge on any atom is -0.345 e. The van der Waals surface area contributed by atoms with Crippen LogP contribution in [-0.2, 0) is 10.3 Å². The van der Waals surface area contributed by atoms with E-state index < -0.39 is 0 Å². The molecule has 4 aliphatic carbocycles. The molecule has 4 bridgehead atoms. The van der Waals surface area contributed by atoms with Crippen LogP contribution in [0.3, 0.4) is 0 Å². The normalized spacial score (nSPS) is 43.1. The Balaban J connectivity index is 1.43. The zero-order valence-corrected chi connectivity index (χ0v) is 14.4. The first-order valence-corrected chi connectivity index (χ1v) is 9.76. The van der Waals surface area contributed by atoms with Crippen molar-refractivity contribution < 1.29 is 4.79 Å². The average Bonchev–Trinajstić information content (AvgIpc) is 3.04. The van der Waals surface area contributed by atoms with Gasteiger partial charge in [0.2, 0.25) is 5.91 Å². The second-order valence-corrected chi connectivity index (χ2v) is 9.03. The summed E-state index contributed by atoms with van der Waals surface area (Å²) in [6, 6.07) is 10.6. The first kappa shape index (κ1) is 14.9. The van der Waals surface area contributed by atoms with E-state index in [-0.39, 0.29) is 11.0 Å². The van der Waals surface area contributed by atoms with Crippen molar-refractivity contribution in [3.05, 3.63) is 35.9 Å². The molecule has 3 heteroatoms. The Hall–Kier alpha value is -1.35. The van der Waals surface area contributed by atoms with Crippen molar-refractivity contribution in [1.29, 1.82) is 0 Å². The van der Waals surface area contributed by atoms with E-state index in [1.165, 1.54) is 24.8 Å². The highest BCUT2D eigenvalue weighted by molar-refractivity contribution is 5.84. The Kier molecular flexibility index (Phi) is 3.31. The van der Waals surface area contributed by atoms with Crippen molar-refractivity contribution in [3.63, 3.8) is 0 Å². The number of amides is 1. The third kappa shape index (κ3) is 2.24. The monoisotopic (exact) mass is 324 g/mol. The second kappa shape index (κ2) is 5.32. The summed E-state index contributed by atoms with van der Waals surface area (Å²) in [5, 5.41) is 7.04. The number of rotatable bonds is 3. The van der Waals surface area contributed by atoms with Gasteiger partial charge in [-0.3, -0.25) is 4.79 Å². The molecule has 0 radical (unpaired) electrons. The van der Waals surface area contributed by atoms with Gasteiger partial charge in [-0.05, 0) is 74.8 Å². The summed E-state index contributed by atoms with van der Waals surface area (Å²) in [7, 11) is 0. The van der Waals surface area contributed by atoms with Gasteiger partial charge < -0.3 is 10.6 Å². The van der Waals surface area contributed by atoms with Gasteiger partial charge >= 0.3 is 0 Å². The Labute approximate surface area is 144 Å². The van der Waals surface area contributed by atoms with Crippen LogP contribution in [0.25, 0.3) is 0 Å². The summed E-state index contributed by atoms with van der Waals surface area (Å²) in [5.41, 5.74) is 0.994. The van der Waals surface area contributed by atoms with Gasteiger partial charge in [-0.25, -0.2) is 0 Å². The molecule has 0 spiro atoms. The van der Waals surface area contributed by atoms with Gasteiger partial charge in [0.15, 0.2) is 0 Å². The summed E-state index contributed by atoms with van der Waals surface area (Å²) < 4.78 is 0. The van der Waals surface area contributed by atoms with E-state index in [2.05, 4.69) is 41.0 Å². The summed E-state index contributed by atoms with van der Waals surface area (Å²) in [4.78, 5) is 13.5. The smallest absolute Gasteiger partial charge is 0.226 e. The summed E-state index contributed by atoms with van der Waals surface area (Å²) in [5.74, 6) is 2.80. The molecule has 1 amide bonds. The van der Waals surface area contributed by atoms with E-state index in [1.807, 2.05) is 0 Å². The van der Waals surface area contributed by atoms with Crippen LogP contribution in [0, 0.1) is 23.2 Å². The van der Waals surface area contributed by atoms with Crippen LogP contribution in [0.1, 0.15) is 50.5 Å². The predicted octanol–water partition coefficient (Wildman–Crippen LogP) is 3.21. The zero-order valence-electron chi connectivity index (χ0n) is 14.4. The molecule has 0 unspecified atom stereocenters. The molecule has 1 aliphatic heterocycles. The molecule has 1 aromatic rings. The van der Waals surface area contributed by atoms with Crippen LogP contribution in [0.4, 0.5) is 0 Å². The van der Waals surface area contributed by atoms with Crippen molar-refractivity contribution in [3.8, 4) is 0 Å². The Bertz CT molecular complexity index is 597. The number of hydrogen-bond donors (Lipinski definition) is 2. The molecule has 6 rings (SSSR count). The largest absolute Gasteiger partial charge is 0.345 e. The van der Waals surface area contributed by atoms with E-state index in [9.17, 15) is 4.79 Å². The van der Waals surface area contributed by atoms with E-state index in [1.54, 1.807) is 0 Å². The number of hydrogen-bond acceptors (Lipinski definition) is 2. The second-order valence-electron chi connectivity index (χ2n) is 9.03. The van der Waals surface area contributed by atoms with Crippen LogP contribution < -0.4 is 10.6 Å². The van der Waals surface area contributed by atoms with Gasteiger partial charge in [0.05, 0.1) is 5.54 Å². The van der Waals surface area contributed by atoms with Crippen molar-refractivity contribution >= 4 is 5.91 Å². The van der Waals surface area contributed by atoms with Crippen LogP contribution in [0.15, 0.2) is 30.3 Å². The van der Waals surface area contributed by atoms with Crippen molar-refractivity contribution in [2.45, 2.75) is 50.5 Å². The zero-order chi connectivity index (χ0) is 16.2. The Morgan fingerprint density at radius 1 is 1.00 bits per heavy atom. The quantitative estimate of drug-likeness (QED) is 0.896. The van der Waals surface area contributed by atoms with Crippen LogP contribution in [0.2, 0.25) is 0 Å². The lowest BCUT2D eigenvalue weighted by molar-refractivity contribution is -0.148. The van der Waals surface area contributed by atoms with E-state index in [0.717, 1.165) is 56.5 Å². The number of nitrogens with one attached hydrogen (secondary N) is 2. The molecule has 1 heterocycles. The number of carbonyl (C=O) groups is 1. The Morgan fingerprint density at radius 3 is 2.17 bits per heavy atom. The van der Waals surface area contributed by atoms with Crippen molar-refractivity contribution in [2.75, 3.05) is 13.1 Å². The maximum absolute atomic E-state index is 13.5. The molecule has 128 valence electrons. The number of carbonyl (C=O) groups excluding carboxylic acids is 1. The van der Waals surface area contributed by atoms with Crippen LogP contribution in [-0.4, -0.2) is 19.0 Å². The lowest BCUT2D eigenvalue weighted by atomic mass is 9.49. The summed E-state index contributed by atoms with van der Waals surface area (Å²) in [6.07, 6.45) is 8.58. The highest BCUT2D eigenvalue weighted by atomic mass is 16.2. The summed E-state index contributed by atoms with van der Waals surface area (Å²) in [6.45, 7) is 1.84. The van der Waals surface area contributed by atoms with E-state index in [0.29, 0.717) is 5.91 Å². The molecule has 1 atom stereocenters. The van der Waals surface area contributed by atoms with E-state index in [4.69, 9.17) is 0 Å². The maximum atomic E-state index is 13.5. The molecular formula is C21H28N2O. The minimum atomic E-state index is -0.207. The summed E-state index contributed by atoms with van der Waals surface area (Å²) >= 11 is 0. The molecule has 1 aromatic carbocycles. The third-order valence-corrected chi connectivity index (χ3v) is 7.35. The van der Waals surface area contributed by atoms with Gasteiger partial charge in [-0.1, -0.05) is 30.3 Å². The lowest BCUT2D eigenvalue weighted by Gasteiger charge is -2.56. The van der Waals surface area contributed by atoms with Crippen LogP contribution in [0.5, 0.6) is 0 Å². The van der Waals surface area contributed by atoms with Gasteiger partial charge in [0.25, 0.3) is 0 Å². The van der Waals surface area contributed by atoms with Gasteiger partial charge in [-0.2, -0.15) is 0 Å². The third-order valence-electron chi connectivity index (χ3n) is 7.35. The highest BCUT2D eigenvalue weighted by Gasteiger charge is 2.55. The van der Waals surface area contributed by atoms with E-state index >= 15 is 0 Å². The molecule has 5 fully saturated rings. The molecule has 4 saturated carbocycles. The highest BCUT2D eigenvalue weighted by Crippen LogP contribution is 2.60. The van der Waals surface area contributed by atoms with Crippen LogP contribution >= 0.6 is 0 Å². The van der Waals surface area contributed by atoms with Gasteiger partial charge in [0.1, 0.15) is 0 Å². The fourth-order valence-corrected chi connectivity index (χ4v) is 6.61. The molecule has 0 aromatic heterocycles. The van der Waals surface area contributed by atoms with Crippen molar-refractivity contribution in [2.24, 2.45) is 23.2 Å². The predicted molar refractivity (Wildman–Crippen MR) is 94.4 cm³/mol. The van der Waals surface area contributed by atoms with Crippen molar-refractivity contribution in [1.82, 2.24) is 10.6 Å². The average molecular weight is 324 g/mol. The maximum Gasteiger partial charge on any atom is 0.226 e. The molecule has 2 N–H and O–H groups in total. The molecule has 1 saturated heterocycles. The number of benzene rings is 1. The fraction of sp³-hybridized carbons (Fsp3) is 0.667. The standard InChI is InChI=1S/C21H28N2O/c24-19(20-11-15-8-16(12-20)10-17(9-15)13-20)23-21(6-7-22-14-21)18-4-2-1-3-5-18/h1-5,15-17,22H,6-14H2,(H,23,24)/t15?,16?,17?,20?,21-/m0/s1. The van der Waals surface area contributed by atoms with Gasteiger partial charge in [0, 0.05) is 12.0 Å². The SMILES string of the molecule is O=C(N[C@@]1(c2ccccc2)CCNC1)C12CC3CC(CC(C3)C1)C2.